The SMILES string of the molecule is CC(C)C(C)(NC(=O)C=Cc1cc(Cl)ccc1Cl)C(=O)O. The lowest BCUT2D eigenvalue weighted by atomic mass is 9.88. The molecule has 6 heteroatoms. The molecule has 0 saturated heterocycles. The quantitative estimate of drug-likeness (QED) is 0.810. The summed E-state index contributed by atoms with van der Waals surface area (Å²) >= 11 is 11.8. The molecule has 1 unspecified atom stereocenters. The molecule has 0 aliphatic rings. The molecule has 0 spiro atoms. The summed E-state index contributed by atoms with van der Waals surface area (Å²) in [5.74, 6) is -1.85. The summed E-state index contributed by atoms with van der Waals surface area (Å²) in [7, 11) is 0. The van der Waals surface area contributed by atoms with Gasteiger partial charge in [-0.05, 0) is 42.7 Å². The van der Waals surface area contributed by atoms with Gasteiger partial charge in [-0.1, -0.05) is 37.0 Å². The van der Waals surface area contributed by atoms with Gasteiger partial charge in [0.2, 0.25) is 5.91 Å². The molecule has 0 heterocycles. The monoisotopic (exact) mass is 329 g/mol. The number of carboxylic acid groups (broad SMARTS) is 1. The second kappa shape index (κ2) is 6.96. The first kappa shape index (κ1) is 17.5. The number of rotatable bonds is 5. The Labute approximate surface area is 133 Å². The average molecular weight is 330 g/mol. The Balaban J connectivity index is 2.88. The second-order valence-electron chi connectivity index (χ2n) is 5.15. The average Bonchev–Trinajstić information content (AvgIpc) is 2.39. The molecule has 1 aromatic carbocycles. The van der Waals surface area contributed by atoms with Crippen molar-refractivity contribution >= 4 is 41.2 Å². The molecular weight excluding hydrogens is 313 g/mol. The predicted octanol–water partition coefficient (Wildman–Crippen LogP) is 3.62. The third kappa shape index (κ3) is 4.48. The minimum Gasteiger partial charge on any atom is -0.480 e. The van der Waals surface area contributed by atoms with Crippen LogP contribution in [0.2, 0.25) is 10.0 Å². The van der Waals surface area contributed by atoms with Crippen LogP contribution in [0.1, 0.15) is 26.3 Å². The van der Waals surface area contributed by atoms with Crippen LogP contribution in [-0.2, 0) is 9.59 Å². The standard InChI is InChI=1S/C15H17Cl2NO3/c1-9(2)15(3,14(20)21)18-13(19)7-4-10-8-11(16)5-6-12(10)17/h4-9H,1-3H3,(H,18,19)(H,20,21). The molecule has 0 aliphatic heterocycles. The van der Waals surface area contributed by atoms with Gasteiger partial charge in [-0.3, -0.25) is 4.79 Å². The van der Waals surface area contributed by atoms with Gasteiger partial charge in [0.15, 0.2) is 0 Å². The van der Waals surface area contributed by atoms with Crippen LogP contribution in [0.25, 0.3) is 6.08 Å². The molecular formula is C15H17Cl2NO3. The Bertz CT molecular complexity index is 584. The fraction of sp³-hybridized carbons (Fsp3) is 0.333. The van der Waals surface area contributed by atoms with Crippen LogP contribution in [0.4, 0.5) is 0 Å². The maximum atomic E-state index is 11.9. The second-order valence-corrected chi connectivity index (χ2v) is 5.99. The van der Waals surface area contributed by atoms with Crippen molar-refractivity contribution in [1.29, 1.82) is 0 Å². The summed E-state index contributed by atoms with van der Waals surface area (Å²) in [4.78, 5) is 23.2. The summed E-state index contributed by atoms with van der Waals surface area (Å²) in [6.45, 7) is 4.93. The Kier molecular flexibility index (Phi) is 5.81. The van der Waals surface area contributed by atoms with Crippen LogP contribution >= 0.6 is 23.2 Å². The number of aliphatic carboxylic acids is 1. The van der Waals surface area contributed by atoms with Crippen molar-refractivity contribution in [3.05, 3.63) is 39.9 Å². The highest BCUT2D eigenvalue weighted by Gasteiger charge is 2.37. The minimum absolute atomic E-state index is 0.262. The topological polar surface area (TPSA) is 66.4 Å². The number of nitrogens with one attached hydrogen (secondary N) is 1. The van der Waals surface area contributed by atoms with Crippen molar-refractivity contribution in [2.45, 2.75) is 26.3 Å². The highest BCUT2D eigenvalue weighted by atomic mass is 35.5. The smallest absolute Gasteiger partial charge is 0.329 e. The first-order valence-electron chi connectivity index (χ1n) is 6.35. The molecule has 0 bridgehead atoms. The molecule has 21 heavy (non-hydrogen) atoms. The molecule has 4 nitrogen and oxygen atoms in total. The zero-order valence-corrected chi connectivity index (χ0v) is 13.5. The number of carbonyl (C=O) groups is 2. The Morgan fingerprint density at radius 1 is 1.33 bits per heavy atom. The number of carbonyl (C=O) groups excluding carboxylic acids is 1. The van der Waals surface area contributed by atoms with E-state index in [2.05, 4.69) is 5.32 Å². The van der Waals surface area contributed by atoms with Gasteiger partial charge in [0.05, 0.1) is 0 Å². The Morgan fingerprint density at radius 3 is 2.48 bits per heavy atom. The third-order valence-corrected chi connectivity index (χ3v) is 3.93. The van der Waals surface area contributed by atoms with Gasteiger partial charge < -0.3 is 10.4 Å². The van der Waals surface area contributed by atoms with Crippen LogP contribution in [0.5, 0.6) is 0 Å². The van der Waals surface area contributed by atoms with Gasteiger partial charge in [-0.2, -0.15) is 0 Å². The zero-order chi connectivity index (χ0) is 16.2. The van der Waals surface area contributed by atoms with Crippen molar-refractivity contribution < 1.29 is 14.7 Å². The highest BCUT2D eigenvalue weighted by Crippen LogP contribution is 2.22. The molecule has 0 radical (unpaired) electrons. The van der Waals surface area contributed by atoms with Crippen LogP contribution in [-0.4, -0.2) is 22.5 Å². The minimum atomic E-state index is -1.33. The van der Waals surface area contributed by atoms with Gasteiger partial charge in [0.25, 0.3) is 0 Å². The molecule has 0 saturated carbocycles. The van der Waals surface area contributed by atoms with Crippen molar-refractivity contribution in [2.75, 3.05) is 0 Å². The molecule has 0 fully saturated rings. The number of halogens is 2. The molecule has 1 rings (SSSR count). The van der Waals surface area contributed by atoms with E-state index in [-0.39, 0.29) is 5.92 Å². The Hall–Kier alpha value is -1.52. The summed E-state index contributed by atoms with van der Waals surface area (Å²) in [6, 6.07) is 4.88. The Morgan fingerprint density at radius 2 is 1.95 bits per heavy atom. The highest BCUT2D eigenvalue weighted by molar-refractivity contribution is 6.34. The van der Waals surface area contributed by atoms with Gasteiger partial charge in [-0.25, -0.2) is 4.79 Å². The fourth-order valence-electron chi connectivity index (χ4n) is 1.55. The van der Waals surface area contributed by atoms with Gasteiger partial charge in [-0.15, -0.1) is 0 Å². The lowest BCUT2D eigenvalue weighted by Gasteiger charge is -2.29. The van der Waals surface area contributed by atoms with E-state index in [4.69, 9.17) is 23.2 Å². The lowest BCUT2D eigenvalue weighted by molar-refractivity contribution is -0.148. The van der Waals surface area contributed by atoms with Crippen molar-refractivity contribution in [3.8, 4) is 0 Å². The largest absolute Gasteiger partial charge is 0.480 e. The molecule has 114 valence electrons. The number of carboxylic acids is 1. The van der Waals surface area contributed by atoms with E-state index in [9.17, 15) is 14.7 Å². The van der Waals surface area contributed by atoms with E-state index in [1.54, 1.807) is 32.0 Å². The maximum absolute atomic E-state index is 11.9. The first-order chi connectivity index (χ1) is 9.66. The lowest BCUT2D eigenvalue weighted by Crippen LogP contribution is -2.55. The van der Waals surface area contributed by atoms with Crippen molar-refractivity contribution in [1.82, 2.24) is 5.32 Å². The van der Waals surface area contributed by atoms with E-state index in [1.165, 1.54) is 19.1 Å². The summed E-state index contributed by atoms with van der Waals surface area (Å²) in [5, 5.41) is 12.7. The molecule has 1 atom stereocenters. The van der Waals surface area contributed by atoms with Crippen molar-refractivity contribution in [2.24, 2.45) is 5.92 Å². The van der Waals surface area contributed by atoms with E-state index in [0.717, 1.165) is 0 Å². The summed E-state index contributed by atoms with van der Waals surface area (Å²) in [5.41, 5.74) is -0.750. The van der Waals surface area contributed by atoms with E-state index in [1.807, 2.05) is 0 Å². The zero-order valence-electron chi connectivity index (χ0n) is 12.0. The summed E-state index contributed by atoms with van der Waals surface area (Å²) in [6.07, 6.45) is 2.73. The number of amides is 1. The third-order valence-electron chi connectivity index (χ3n) is 3.35. The van der Waals surface area contributed by atoms with Crippen LogP contribution in [0.15, 0.2) is 24.3 Å². The first-order valence-corrected chi connectivity index (χ1v) is 7.11. The van der Waals surface area contributed by atoms with Crippen LogP contribution in [0.3, 0.4) is 0 Å². The molecule has 1 aromatic rings. The van der Waals surface area contributed by atoms with Crippen molar-refractivity contribution in [3.63, 3.8) is 0 Å². The van der Waals surface area contributed by atoms with Crippen LogP contribution in [0, 0.1) is 5.92 Å². The van der Waals surface area contributed by atoms with E-state index >= 15 is 0 Å². The van der Waals surface area contributed by atoms with Gasteiger partial charge >= 0.3 is 5.97 Å². The molecule has 2 N–H and O–H groups in total. The number of hydrogen-bond acceptors (Lipinski definition) is 2. The fourth-order valence-corrected chi connectivity index (χ4v) is 1.91. The number of benzene rings is 1. The van der Waals surface area contributed by atoms with E-state index < -0.39 is 17.4 Å². The van der Waals surface area contributed by atoms with Crippen LogP contribution < -0.4 is 5.32 Å². The molecule has 1 amide bonds. The van der Waals surface area contributed by atoms with Gasteiger partial charge in [0, 0.05) is 16.1 Å². The molecule has 0 aromatic heterocycles. The normalized spacial score (nSPS) is 14.2. The number of hydrogen-bond donors (Lipinski definition) is 2. The van der Waals surface area contributed by atoms with E-state index in [0.29, 0.717) is 15.6 Å². The maximum Gasteiger partial charge on any atom is 0.329 e. The molecule has 0 aliphatic carbocycles. The summed E-state index contributed by atoms with van der Waals surface area (Å²) < 4.78 is 0. The van der Waals surface area contributed by atoms with Gasteiger partial charge in [0.1, 0.15) is 5.54 Å². The predicted molar refractivity (Wildman–Crippen MR) is 84.5 cm³/mol.